The molecule has 0 saturated carbocycles. The molecule has 0 atom stereocenters. The standard InChI is InChI=1S/C22H20FN5O3/c23-18-2-1-3-20(29)28(18)19-11-14(21-17(26-19)13-25-22(21)30)10-15-4-5-16(12-24-15)27-6-8-31-9-7-27/h1-5,11-12H,6-10,13H2,(H,25,30). The molecule has 1 N–H and O–H groups in total. The van der Waals surface area contributed by atoms with E-state index in [-0.39, 0.29) is 18.3 Å². The molecule has 0 aromatic carbocycles. The molecule has 31 heavy (non-hydrogen) atoms. The third-order valence-electron chi connectivity index (χ3n) is 5.50. The fourth-order valence-corrected chi connectivity index (χ4v) is 3.96. The van der Waals surface area contributed by atoms with Crippen LogP contribution in [0.1, 0.15) is 27.3 Å². The Kier molecular flexibility index (Phi) is 4.95. The maximum Gasteiger partial charge on any atom is 0.258 e. The Labute approximate surface area is 177 Å². The number of fused-ring (bicyclic) bond motifs is 1. The molecule has 0 bridgehead atoms. The maximum absolute atomic E-state index is 14.4. The number of carbonyl (C=O) groups excluding carboxylic acids is 1. The van der Waals surface area contributed by atoms with Crippen molar-refractivity contribution >= 4 is 11.6 Å². The van der Waals surface area contributed by atoms with Gasteiger partial charge < -0.3 is 15.0 Å². The quantitative estimate of drug-likeness (QED) is 0.642. The summed E-state index contributed by atoms with van der Waals surface area (Å²) in [6, 6.07) is 9.33. The molecule has 8 nitrogen and oxygen atoms in total. The van der Waals surface area contributed by atoms with Gasteiger partial charge in [0.2, 0.25) is 5.95 Å². The van der Waals surface area contributed by atoms with E-state index in [1.807, 2.05) is 18.3 Å². The summed E-state index contributed by atoms with van der Waals surface area (Å²) in [6.07, 6.45) is 2.17. The molecule has 0 radical (unpaired) electrons. The van der Waals surface area contributed by atoms with Crippen molar-refractivity contribution in [1.82, 2.24) is 19.9 Å². The van der Waals surface area contributed by atoms with Gasteiger partial charge in [0.1, 0.15) is 5.82 Å². The highest BCUT2D eigenvalue weighted by Gasteiger charge is 2.26. The van der Waals surface area contributed by atoms with Gasteiger partial charge in [-0.25, -0.2) is 9.55 Å². The number of anilines is 1. The summed E-state index contributed by atoms with van der Waals surface area (Å²) < 4.78 is 20.6. The lowest BCUT2D eigenvalue weighted by Gasteiger charge is -2.28. The molecule has 3 aromatic heterocycles. The summed E-state index contributed by atoms with van der Waals surface area (Å²) in [7, 11) is 0. The Balaban J connectivity index is 1.51. The molecular weight excluding hydrogens is 401 g/mol. The largest absolute Gasteiger partial charge is 0.378 e. The summed E-state index contributed by atoms with van der Waals surface area (Å²) in [5.41, 5.74) is 2.87. The minimum Gasteiger partial charge on any atom is -0.378 e. The maximum atomic E-state index is 14.4. The number of nitrogens with zero attached hydrogens (tertiary/aromatic N) is 4. The van der Waals surface area contributed by atoms with Crippen molar-refractivity contribution in [3.05, 3.63) is 81.4 Å². The predicted molar refractivity (Wildman–Crippen MR) is 111 cm³/mol. The molecule has 5 rings (SSSR count). The average Bonchev–Trinajstić information content (AvgIpc) is 3.16. The minimum absolute atomic E-state index is 0.151. The molecule has 1 amide bonds. The van der Waals surface area contributed by atoms with Gasteiger partial charge >= 0.3 is 0 Å². The summed E-state index contributed by atoms with van der Waals surface area (Å²) >= 11 is 0. The molecule has 2 aliphatic rings. The lowest BCUT2D eigenvalue weighted by atomic mass is 10.0. The number of hydrogen-bond donors (Lipinski definition) is 1. The van der Waals surface area contributed by atoms with Crippen LogP contribution in [0.15, 0.2) is 47.4 Å². The van der Waals surface area contributed by atoms with E-state index in [4.69, 9.17) is 4.74 Å². The number of aromatic nitrogens is 3. The first-order valence-electron chi connectivity index (χ1n) is 10.1. The Morgan fingerprint density at radius 2 is 1.97 bits per heavy atom. The van der Waals surface area contributed by atoms with E-state index < -0.39 is 11.5 Å². The second-order valence-electron chi connectivity index (χ2n) is 7.45. The Bertz CT molecular complexity index is 1200. The van der Waals surface area contributed by atoms with Crippen LogP contribution in [0, 0.1) is 5.95 Å². The van der Waals surface area contributed by atoms with Crippen LogP contribution in [0.4, 0.5) is 10.1 Å². The van der Waals surface area contributed by atoms with Crippen LogP contribution in [0.25, 0.3) is 5.82 Å². The van der Waals surface area contributed by atoms with E-state index in [0.29, 0.717) is 36.5 Å². The van der Waals surface area contributed by atoms with Crippen molar-refractivity contribution in [3.8, 4) is 5.82 Å². The molecule has 0 unspecified atom stereocenters. The van der Waals surface area contributed by atoms with Crippen LogP contribution in [0.3, 0.4) is 0 Å². The number of ether oxygens (including phenoxy) is 1. The van der Waals surface area contributed by atoms with Crippen molar-refractivity contribution in [1.29, 1.82) is 0 Å². The zero-order chi connectivity index (χ0) is 21.4. The van der Waals surface area contributed by atoms with Gasteiger partial charge in [0.15, 0.2) is 0 Å². The summed E-state index contributed by atoms with van der Waals surface area (Å²) in [4.78, 5) is 35.8. The smallest absolute Gasteiger partial charge is 0.258 e. The fourth-order valence-electron chi connectivity index (χ4n) is 3.96. The first-order chi connectivity index (χ1) is 15.1. The van der Waals surface area contributed by atoms with Crippen LogP contribution < -0.4 is 15.8 Å². The minimum atomic E-state index is -0.712. The van der Waals surface area contributed by atoms with Crippen molar-refractivity contribution < 1.29 is 13.9 Å². The number of amides is 1. The van der Waals surface area contributed by atoms with Crippen molar-refractivity contribution in [2.45, 2.75) is 13.0 Å². The summed E-state index contributed by atoms with van der Waals surface area (Å²) in [5, 5.41) is 2.75. The lowest BCUT2D eigenvalue weighted by molar-refractivity contribution is 0.0965. The van der Waals surface area contributed by atoms with Crippen LogP contribution in [-0.2, 0) is 17.7 Å². The Morgan fingerprint density at radius 3 is 2.71 bits per heavy atom. The van der Waals surface area contributed by atoms with Gasteiger partial charge in [-0.05, 0) is 29.8 Å². The highest BCUT2D eigenvalue weighted by atomic mass is 19.1. The molecule has 1 fully saturated rings. The van der Waals surface area contributed by atoms with Gasteiger partial charge in [-0.3, -0.25) is 14.6 Å². The van der Waals surface area contributed by atoms with E-state index in [2.05, 4.69) is 20.2 Å². The third kappa shape index (κ3) is 3.68. The zero-order valence-corrected chi connectivity index (χ0v) is 16.7. The second-order valence-corrected chi connectivity index (χ2v) is 7.45. The average molecular weight is 421 g/mol. The van der Waals surface area contributed by atoms with Crippen molar-refractivity contribution in [2.24, 2.45) is 0 Å². The first-order valence-corrected chi connectivity index (χ1v) is 10.1. The SMILES string of the molecule is O=C1NCc2nc(-n3c(F)cccc3=O)cc(Cc3ccc(N4CCOCC4)cn3)c21. The van der Waals surface area contributed by atoms with E-state index in [1.165, 1.54) is 18.2 Å². The van der Waals surface area contributed by atoms with E-state index >= 15 is 0 Å². The van der Waals surface area contributed by atoms with Crippen LogP contribution in [0.5, 0.6) is 0 Å². The molecule has 0 aliphatic carbocycles. The lowest BCUT2D eigenvalue weighted by Crippen LogP contribution is -2.36. The first kappa shape index (κ1) is 19.4. The van der Waals surface area contributed by atoms with Gasteiger partial charge in [0.05, 0.1) is 42.9 Å². The predicted octanol–water partition coefficient (Wildman–Crippen LogP) is 1.44. The molecule has 158 valence electrons. The van der Waals surface area contributed by atoms with Crippen molar-refractivity contribution in [3.63, 3.8) is 0 Å². The molecular formula is C22H20FN5O3. The summed E-state index contributed by atoms with van der Waals surface area (Å²) in [6.45, 7) is 3.26. The Hall–Kier alpha value is -3.59. The topological polar surface area (TPSA) is 89.4 Å². The van der Waals surface area contributed by atoms with E-state index in [0.717, 1.165) is 29.0 Å². The van der Waals surface area contributed by atoms with Gasteiger partial charge in [-0.15, -0.1) is 0 Å². The molecule has 5 heterocycles. The monoisotopic (exact) mass is 421 g/mol. The molecule has 3 aromatic rings. The highest BCUT2D eigenvalue weighted by Crippen LogP contribution is 2.24. The van der Waals surface area contributed by atoms with Gasteiger partial charge in [0.25, 0.3) is 11.5 Å². The fraction of sp³-hybridized carbons (Fsp3) is 0.273. The number of hydrogen-bond acceptors (Lipinski definition) is 6. The normalized spacial score (nSPS) is 15.6. The number of morpholine rings is 1. The van der Waals surface area contributed by atoms with Gasteiger partial charge in [0, 0.05) is 31.3 Å². The number of halogens is 1. The molecule has 1 saturated heterocycles. The third-order valence-corrected chi connectivity index (χ3v) is 5.50. The molecule has 9 heteroatoms. The number of rotatable bonds is 4. The van der Waals surface area contributed by atoms with Gasteiger partial charge in [-0.2, -0.15) is 4.39 Å². The van der Waals surface area contributed by atoms with Crippen molar-refractivity contribution in [2.75, 3.05) is 31.2 Å². The molecule has 0 spiro atoms. The second kappa shape index (κ2) is 7.92. The highest BCUT2D eigenvalue weighted by molar-refractivity contribution is 5.99. The number of carbonyl (C=O) groups is 1. The summed E-state index contributed by atoms with van der Waals surface area (Å²) in [5.74, 6) is -0.788. The van der Waals surface area contributed by atoms with Crippen LogP contribution >= 0.6 is 0 Å². The molecule has 2 aliphatic heterocycles. The zero-order valence-electron chi connectivity index (χ0n) is 16.7. The van der Waals surface area contributed by atoms with Gasteiger partial charge in [-0.1, -0.05) is 6.07 Å². The number of pyridine rings is 3. The van der Waals surface area contributed by atoms with Crippen LogP contribution in [-0.4, -0.2) is 46.7 Å². The Morgan fingerprint density at radius 1 is 1.13 bits per heavy atom. The number of nitrogens with one attached hydrogen (secondary N) is 1. The van der Waals surface area contributed by atoms with E-state index in [9.17, 15) is 14.0 Å². The van der Waals surface area contributed by atoms with Crippen LogP contribution in [0.2, 0.25) is 0 Å². The van der Waals surface area contributed by atoms with E-state index in [1.54, 1.807) is 6.07 Å².